The van der Waals surface area contributed by atoms with Crippen LogP contribution in [-0.4, -0.2) is 0 Å². The van der Waals surface area contributed by atoms with Crippen molar-refractivity contribution in [2.45, 2.75) is 109 Å². The number of halogens is 3. The third-order valence-corrected chi connectivity index (χ3v) is 9.26. The van der Waals surface area contributed by atoms with E-state index < -0.39 is 5.82 Å². The molecule has 0 bridgehead atoms. The van der Waals surface area contributed by atoms with E-state index in [-0.39, 0.29) is 10.8 Å². The van der Waals surface area contributed by atoms with E-state index >= 15 is 0 Å². The lowest BCUT2D eigenvalue weighted by molar-refractivity contribution is 0.222. The van der Waals surface area contributed by atoms with E-state index in [1.165, 1.54) is 95.6 Å². The third-order valence-electron chi connectivity index (χ3n) is 8.96. The average Bonchev–Trinajstić information content (AvgIpc) is 2.88. The van der Waals surface area contributed by atoms with Gasteiger partial charge in [0.25, 0.3) is 0 Å². The van der Waals surface area contributed by atoms with Gasteiger partial charge in [-0.25, -0.2) is 8.78 Å². The van der Waals surface area contributed by atoms with Crippen molar-refractivity contribution in [2.24, 2.45) is 17.8 Å². The highest BCUT2D eigenvalue weighted by molar-refractivity contribution is 6.30. The van der Waals surface area contributed by atoms with Gasteiger partial charge in [0.15, 0.2) is 0 Å². The first-order chi connectivity index (χ1) is 17.0. The monoisotopic (exact) mass is 500 g/mol. The Kier molecular flexibility index (Phi) is 10.1. The second-order valence-electron chi connectivity index (χ2n) is 11.4. The molecule has 0 spiro atoms. The molecule has 2 fully saturated rings. The molecule has 0 nitrogen and oxygen atoms in total. The van der Waals surface area contributed by atoms with Crippen LogP contribution in [0.4, 0.5) is 8.78 Å². The molecule has 2 saturated carbocycles. The van der Waals surface area contributed by atoms with Crippen LogP contribution in [0.5, 0.6) is 0 Å². The minimum absolute atomic E-state index is 0.0630. The number of hydrogen-bond acceptors (Lipinski definition) is 0. The molecule has 0 heterocycles. The summed E-state index contributed by atoms with van der Waals surface area (Å²) in [5, 5.41) is 0.0630. The Morgan fingerprint density at radius 1 is 0.686 bits per heavy atom. The van der Waals surface area contributed by atoms with Gasteiger partial charge < -0.3 is 0 Å². The zero-order valence-electron chi connectivity index (χ0n) is 21.5. The second-order valence-corrected chi connectivity index (χ2v) is 11.8. The Morgan fingerprint density at radius 3 is 1.91 bits per heavy atom. The Hall–Kier alpha value is -1.41. The molecule has 0 N–H and O–H groups in total. The smallest absolute Gasteiger partial charge is 0.142 e. The highest BCUT2D eigenvalue weighted by atomic mass is 35.5. The SMILES string of the molecule is CCCCCCC1CCC(CCC2CCC(c3ccc(-c4ccc(Cl)c(F)c4)c(F)c3)CC2)CC1. The first kappa shape index (κ1) is 26.6. The van der Waals surface area contributed by atoms with Gasteiger partial charge in [0.2, 0.25) is 0 Å². The molecule has 2 aliphatic rings. The molecule has 2 aliphatic carbocycles. The molecule has 192 valence electrons. The predicted octanol–water partition coefficient (Wildman–Crippen LogP) is 11.1. The number of unbranched alkanes of at least 4 members (excludes halogenated alkanes) is 3. The molecule has 0 aliphatic heterocycles. The topological polar surface area (TPSA) is 0 Å². The van der Waals surface area contributed by atoms with Crippen LogP contribution >= 0.6 is 11.6 Å². The van der Waals surface area contributed by atoms with Gasteiger partial charge in [0.05, 0.1) is 5.02 Å². The van der Waals surface area contributed by atoms with Crippen molar-refractivity contribution < 1.29 is 8.78 Å². The van der Waals surface area contributed by atoms with Crippen molar-refractivity contribution in [2.75, 3.05) is 0 Å². The van der Waals surface area contributed by atoms with E-state index in [9.17, 15) is 8.78 Å². The fourth-order valence-electron chi connectivity index (χ4n) is 6.61. The van der Waals surface area contributed by atoms with Gasteiger partial charge in [-0.2, -0.15) is 0 Å². The minimum atomic E-state index is -0.513. The second kappa shape index (κ2) is 13.2. The summed E-state index contributed by atoms with van der Waals surface area (Å²) in [6, 6.07) is 9.99. The van der Waals surface area contributed by atoms with Gasteiger partial charge in [-0.3, -0.25) is 0 Å². The summed E-state index contributed by atoms with van der Waals surface area (Å²) < 4.78 is 28.7. The highest BCUT2D eigenvalue weighted by Crippen LogP contribution is 2.41. The molecule has 2 aromatic rings. The lowest BCUT2D eigenvalue weighted by Gasteiger charge is -2.32. The summed E-state index contributed by atoms with van der Waals surface area (Å²) in [6.45, 7) is 2.29. The summed E-state index contributed by atoms with van der Waals surface area (Å²) in [7, 11) is 0. The Morgan fingerprint density at radius 2 is 1.31 bits per heavy atom. The molecular weight excluding hydrogens is 458 g/mol. The zero-order chi connectivity index (χ0) is 24.6. The van der Waals surface area contributed by atoms with Crippen LogP contribution in [0.15, 0.2) is 36.4 Å². The number of hydrogen-bond donors (Lipinski definition) is 0. The summed E-state index contributed by atoms with van der Waals surface area (Å²) in [4.78, 5) is 0. The molecule has 3 heteroatoms. The van der Waals surface area contributed by atoms with Gasteiger partial charge >= 0.3 is 0 Å². The molecule has 0 atom stereocenters. The van der Waals surface area contributed by atoms with Crippen molar-refractivity contribution >= 4 is 11.6 Å². The van der Waals surface area contributed by atoms with E-state index in [0.717, 1.165) is 36.2 Å². The molecular formula is C32H43ClF2. The minimum Gasteiger partial charge on any atom is -0.206 e. The fourth-order valence-corrected chi connectivity index (χ4v) is 6.73. The van der Waals surface area contributed by atoms with E-state index in [2.05, 4.69) is 6.92 Å². The normalized spacial score (nSPS) is 25.0. The van der Waals surface area contributed by atoms with Crippen molar-refractivity contribution in [3.63, 3.8) is 0 Å². The van der Waals surface area contributed by atoms with Crippen LogP contribution in [-0.2, 0) is 0 Å². The predicted molar refractivity (Wildman–Crippen MR) is 145 cm³/mol. The third kappa shape index (κ3) is 7.54. The summed E-state index contributed by atoms with van der Waals surface area (Å²) in [6.07, 6.45) is 20.6. The van der Waals surface area contributed by atoms with Crippen molar-refractivity contribution in [3.05, 3.63) is 58.6 Å². The van der Waals surface area contributed by atoms with Crippen LogP contribution in [0.1, 0.15) is 115 Å². The first-order valence-corrected chi connectivity index (χ1v) is 14.7. The number of rotatable bonds is 10. The molecule has 0 amide bonds. The fraction of sp³-hybridized carbons (Fsp3) is 0.625. The van der Waals surface area contributed by atoms with Crippen LogP contribution in [0.3, 0.4) is 0 Å². The van der Waals surface area contributed by atoms with E-state index in [0.29, 0.717) is 17.0 Å². The van der Waals surface area contributed by atoms with Crippen molar-refractivity contribution in [3.8, 4) is 11.1 Å². The Bertz CT molecular complexity index is 923. The molecule has 0 radical (unpaired) electrons. The van der Waals surface area contributed by atoms with Gasteiger partial charge in [-0.15, -0.1) is 0 Å². The van der Waals surface area contributed by atoms with Crippen LogP contribution in [0.2, 0.25) is 5.02 Å². The largest absolute Gasteiger partial charge is 0.206 e. The van der Waals surface area contributed by atoms with E-state index in [1.807, 2.05) is 6.07 Å². The first-order valence-electron chi connectivity index (χ1n) is 14.3. The van der Waals surface area contributed by atoms with Crippen LogP contribution in [0, 0.1) is 29.4 Å². The average molecular weight is 501 g/mol. The Balaban J connectivity index is 1.19. The van der Waals surface area contributed by atoms with E-state index in [1.54, 1.807) is 18.2 Å². The maximum absolute atomic E-state index is 14.9. The lowest BCUT2D eigenvalue weighted by atomic mass is 9.74. The summed E-state index contributed by atoms with van der Waals surface area (Å²) >= 11 is 5.78. The van der Waals surface area contributed by atoms with E-state index in [4.69, 9.17) is 11.6 Å². The van der Waals surface area contributed by atoms with Crippen molar-refractivity contribution in [1.82, 2.24) is 0 Å². The zero-order valence-corrected chi connectivity index (χ0v) is 22.3. The van der Waals surface area contributed by atoms with Gasteiger partial charge in [0.1, 0.15) is 11.6 Å². The van der Waals surface area contributed by atoms with Gasteiger partial charge in [-0.05, 0) is 78.7 Å². The van der Waals surface area contributed by atoms with Crippen LogP contribution < -0.4 is 0 Å². The molecule has 0 unspecified atom stereocenters. The van der Waals surface area contributed by atoms with Gasteiger partial charge in [0, 0.05) is 5.56 Å². The van der Waals surface area contributed by atoms with Crippen LogP contribution in [0.25, 0.3) is 11.1 Å². The summed E-state index contributed by atoms with van der Waals surface area (Å²) in [5.74, 6) is 2.47. The standard InChI is InChI=1S/C32H43ClF2/c1-2-3-4-5-6-23-7-9-24(10-8-23)11-12-25-13-15-26(16-14-25)27-17-19-29(31(34)21-27)28-18-20-30(33)32(35)22-28/h17-26H,2-16H2,1H3. The number of benzene rings is 2. The highest BCUT2D eigenvalue weighted by Gasteiger charge is 2.26. The maximum Gasteiger partial charge on any atom is 0.142 e. The molecule has 0 aromatic heterocycles. The molecule has 4 rings (SSSR count). The Labute approximate surface area is 216 Å². The summed E-state index contributed by atoms with van der Waals surface area (Å²) in [5.41, 5.74) is 2.07. The quantitative estimate of drug-likeness (QED) is 0.284. The molecule has 35 heavy (non-hydrogen) atoms. The lowest BCUT2D eigenvalue weighted by Crippen LogP contribution is -2.18. The molecule has 2 aromatic carbocycles. The molecule has 0 saturated heterocycles. The van der Waals surface area contributed by atoms with Gasteiger partial charge in [-0.1, -0.05) is 107 Å². The maximum atomic E-state index is 14.9. The van der Waals surface area contributed by atoms with Crippen molar-refractivity contribution in [1.29, 1.82) is 0 Å².